The molecule has 2 rings (SSSR count). The minimum Gasteiger partial charge on any atom is -0.463 e. The zero-order chi connectivity index (χ0) is 15.4. The normalized spacial score (nSPS) is 10.5. The third-order valence-electron chi connectivity index (χ3n) is 2.95. The standard InChI is InChI=1S/C13H18N6O2/c1-5-6-9-16-10(14-3)8(2)12(17-9)19-7-15-11(18-19)13(20)21-4/h7H,5-6H2,1-4H3,(H,14,16,17). The Kier molecular flexibility index (Phi) is 4.46. The number of hydrogen-bond donors (Lipinski definition) is 1. The first-order chi connectivity index (χ1) is 10.1. The maximum absolute atomic E-state index is 11.4. The van der Waals surface area contributed by atoms with E-state index >= 15 is 0 Å². The number of aromatic nitrogens is 5. The molecule has 1 N–H and O–H groups in total. The molecule has 0 bridgehead atoms. The average Bonchev–Trinajstić information content (AvgIpc) is 2.98. The van der Waals surface area contributed by atoms with Crippen LogP contribution in [0.4, 0.5) is 5.82 Å². The van der Waals surface area contributed by atoms with E-state index in [9.17, 15) is 4.79 Å². The van der Waals surface area contributed by atoms with Crippen LogP contribution in [0.25, 0.3) is 5.82 Å². The van der Waals surface area contributed by atoms with E-state index < -0.39 is 5.97 Å². The molecule has 0 aliphatic heterocycles. The lowest BCUT2D eigenvalue weighted by atomic mass is 10.2. The summed E-state index contributed by atoms with van der Waals surface area (Å²) >= 11 is 0. The summed E-state index contributed by atoms with van der Waals surface area (Å²) in [5.74, 6) is 1.47. The monoisotopic (exact) mass is 290 g/mol. The van der Waals surface area contributed by atoms with Crippen molar-refractivity contribution < 1.29 is 9.53 Å². The van der Waals surface area contributed by atoms with Gasteiger partial charge in [-0.3, -0.25) is 0 Å². The van der Waals surface area contributed by atoms with Crippen molar-refractivity contribution in [2.75, 3.05) is 19.5 Å². The number of anilines is 1. The highest BCUT2D eigenvalue weighted by atomic mass is 16.5. The number of esters is 1. The summed E-state index contributed by atoms with van der Waals surface area (Å²) in [5.41, 5.74) is 0.832. The Bertz CT molecular complexity index is 652. The molecule has 21 heavy (non-hydrogen) atoms. The van der Waals surface area contributed by atoms with Crippen molar-refractivity contribution in [1.29, 1.82) is 0 Å². The van der Waals surface area contributed by atoms with E-state index in [0.29, 0.717) is 5.82 Å². The number of rotatable bonds is 5. The molecule has 0 spiro atoms. The quantitative estimate of drug-likeness (QED) is 0.825. The van der Waals surface area contributed by atoms with Crippen LogP contribution in [0.3, 0.4) is 0 Å². The molecule has 8 nitrogen and oxygen atoms in total. The van der Waals surface area contributed by atoms with Crippen molar-refractivity contribution in [3.63, 3.8) is 0 Å². The second-order valence-corrected chi connectivity index (χ2v) is 4.44. The molecule has 0 aliphatic rings. The first-order valence-corrected chi connectivity index (χ1v) is 6.66. The summed E-state index contributed by atoms with van der Waals surface area (Å²) in [4.78, 5) is 24.3. The van der Waals surface area contributed by atoms with Crippen LogP contribution in [0.15, 0.2) is 6.33 Å². The number of ether oxygens (including phenoxy) is 1. The van der Waals surface area contributed by atoms with Crippen molar-refractivity contribution in [1.82, 2.24) is 24.7 Å². The Balaban J connectivity index is 2.49. The molecule has 0 unspecified atom stereocenters. The van der Waals surface area contributed by atoms with Gasteiger partial charge in [0.2, 0.25) is 0 Å². The average molecular weight is 290 g/mol. The van der Waals surface area contributed by atoms with E-state index in [1.807, 2.05) is 6.92 Å². The molecule has 2 aromatic rings. The fraction of sp³-hybridized carbons (Fsp3) is 0.462. The third-order valence-corrected chi connectivity index (χ3v) is 2.95. The van der Waals surface area contributed by atoms with Gasteiger partial charge in [0.15, 0.2) is 5.82 Å². The summed E-state index contributed by atoms with van der Waals surface area (Å²) in [6, 6.07) is 0. The van der Waals surface area contributed by atoms with Gasteiger partial charge in [-0.1, -0.05) is 6.92 Å². The molecule has 0 saturated carbocycles. The smallest absolute Gasteiger partial charge is 0.377 e. The summed E-state index contributed by atoms with van der Waals surface area (Å²) < 4.78 is 6.06. The number of nitrogens with one attached hydrogen (secondary N) is 1. The predicted octanol–water partition coefficient (Wildman–Crippen LogP) is 1.15. The number of nitrogens with zero attached hydrogens (tertiary/aromatic N) is 5. The predicted molar refractivity (Wildman–Crippen MR) is 76.6 cm³/mol. The van der Waals surface area contributed by atoms with Gasteiger partial charge >= 0.3 is 5.97 Å². The van der Waals surface area contributed by atoms with Gasteiger partial charge in [0.25, 0.3) is 5.82 Å². The lowest BCUT2D eigenvalue weighted by Gasteiger charge is -2.11. The van der Waals surface area contributed by atoms with E-state index in [1.54, 1.807) is 7.05 Å². The Hall–Kier alpha value is -2.51. The van der Waals surface area contributed by atoms with Crippen LogP contribution < -0.4 is 5.32 Å². The van der Waals surface area contributed by atoms with Gasteiger partial charge in [0.05, 0.1) is 7.11 Å². The Labute approximate surface area is 122 Å². The van der Waals surface area contributed by atoms with Gasteiger partial charge in [0.1, 0.15) is 18.0 Å². The molecular weight excluding hydrogens is 272 g/mol. The topological polar surface area (TPSA) is 94.8 Å². The summed E-state index contributed by atoms with van der Waals surface area (Å²) in [7, 11) is 3.09. The Morgan fingerprint density at radius 3 is 2.81 bits per heavy atom. The van der Waals surface area contributed by atoms with Gasteiger partial charge in [-0.05, 0) is 13.3 Å². The lowest BCUT2D eigenvalue weighted by molar-refractivity contribution is 0.0587. The summed E-state index contributed by atoms with van der Waals surface area (Å²) in [6.45, 7) is 3.95. The van der Waals surface area contributed by atoms with E-state index in [-0.39, 0.29) is 5.82 Å². The van der Waals surface area contributed by atoms with Crippen LogP contribution in [0.5, 0.6) is 0 Å². The molecule has 0 fully saturated rings. The van der Waals surface area contributed by atoms with E-state index in [4.69, 9.17) is 0 Å². The molecule has 0 aromatic carbocycles. The second-order valence-electron chi connectivity index (χ2n) is 4.44. The molecule has 0 radical (unpaired) electrons. The number of methoxy groups -OCH3 is 1. The van der Waals surface area contributed by atoms with Crippen LogP contribution in [0, 0.1) is 6.92 Å². The number of carbonyl (C=O) groups is 1. The molecule has 2 aromatic heterocycles. The highest BCUT2D eigenvalue weighted by Gasteiger charge is 2.16. The summed E-state index contributed by atoms with van der Waals surface area (Å²) in [6.07, 6.45) is 3.15. The molecular formula is C13H18N6O2. The maximum atomic E-state index is 11.4. The zero-order valence-electron chi connectivity index (χ0n) is 12.5. The van der Waals surface area contributed by atoms with E-state index in [2.05, 4.69) is 37.0 Å². The van der Waals surface area contributed by atoms with Gasteiger partial charge < -0.3 is 10.1 Å². The molecule has 0 amide bonds. The van der Waals surface area contributed by atoms with E-state index in [1.165, 1.54) is 18.1 Å². The Morgan fingerprint density at radius 2 is 2.19 bits per heavy atom. The van der Waals surface area contributed by atoms with Crippen molar-refractivity contribution in [3.05, 3.63) is 23.5 Å². The van der Waals surface area contributed by atoms with Crippen LogP contribution in [0.1, 0.15) is 35.4 Å². The molecule has 0 saturated heterocycles. The maximum Gasteiger partial charge on any atom is 0.377 e. The van der Waals surface area contributed by atoms with Crippen molar-refractivity contribution in [2.24, 2.45) is 0 Å². The fourth-order valence-electron chi connectivity index (χ4n) is 1.90. The molecule has 0 aliphatic carbocycles. The number of hydrogen-bond acceptors (Lipinski definition) is 7. The number of carbonyl (C=O) groups excluding carboxylic acids is 1. The van der Waals surface area contributed by atoms with Crippen LogP contribution in [-0.4, -0.2) is 44.9 Å². The van der Waals surface area contributed by atoms with Crippen LogP contribution in [0.2, 0.25) is 0 Å². The molecule has 8 heteroatoms. The second kappa shape index (κ2) is 6.29. The van der Waals surface area contributed by atoms with Crippen molar-refractivity contribution in [3.8, 4) is 5.82 Å². The minimum atomic E-state index is -0.580. The summed E-state index contributed by atoms with van der Waals surface area (Å²) in [5, 5.41) is 7.14. The van der Waals surface area contributed by atoms with Gasteiger partial charge in [-0.15, -0.1) is 5.10 Å². The van der Waals surface area contributed by atoms with Gasteiger partial charge in [0, 0.05) is 19.0 Å². The van der Waals surface area contributed by atoms with Gasteiger partial charge in [-0.25, -0.2) is 24.4 Å². The van der Waals surface area contributed by atoms with Crippen molar-refractivity contribution >= 4 is 11.8 Å². The molecule has 0 atom stereocenters. The highest BCUT2D eigenvalue weighted by Crippen LogP contribution is 2.18. The minimum absolute atomic E-state index is 0.00133. The highest BCUT2D eigenvalue weighted by molar-refractivity contribution is 5.84. The Morgan fingerprint density at radius 1 is 1.43 bits per heavy atom. The first kappa shape index (κ1) is 14.9. The van der Waals surface area contributed by atoms with Gasteiger partial charge in [-0.2, -0.15) is 0 Å². The molecule has 2 heterocycles. The fourth-order valence-corrected chi connectivity index (χ4v) is 1.90. The van der Waals surface area contributed by atoms with Crippen LogP contribution in [-0.2, 0) is 11.2 Å². The zero-order valence-corrected chi connectivity index (χ0v) is 12.5. The SMILES string of the molecule is CCCc1nc(NC)c(C)c(-n2cnc(C(=O)OC)n2)n1. The van der Waals surface area contributed by atoms with Crippen molar-refractivity contribution in [2.45, 2.75) is 26.7 Å². The largest absolute Gasteiger partial charge is 0.463 e. The third kappa shape index (κ3) is 2.99. The van der Waals surface area contributed by atoms with Crippen LogP contribution >= 0.6 is 0 Å². The first-order valence-electron chi connectivity index (χ1n) is 6.66. The molecule has 112 valence electrons. The number of aryl methyl sites for hydroxylation is 1. The lowest BCUT2D eigenvalue weighted by Crippen LogP contribution is -2.11. The van der Waals surface area contributed by atoms with E-state index in [0.717, 1.165) is 30.0 Å².